The first-order valence-electron chi connectivity index (χ1n) is 14.8. The summed E-state index contributed by atoms with van der Waals surface area (Å²) in [7, 11) is 0. The van der Waals surface area contributed by atoms with Crippen molar-refractivity contribution in [2.75, 3.05) is 13.2 Å². The van der Waals surface area contributed by atoms with Gasteiger partial charge >= 0.3 is 12.1 Å². The van der Waals surface area contributed by atoms with E-state index in [1.54, 1.807) is 13.0 Å². The molecule has 0 heterocycles. The summed E-state index contributed by atoms with van der Waals surface area (Å²) in [6.45, 7) is 1.19. The van der Waals surface area contributed by atoms with E-state index in [9.17, 15) is 44.6 Å². The molecule has 4 aliphatic rings. The second-order valence-corrected chi connectivity index (χ2v) is 12.7. The SMILES string of the molecule is C[C@]12C=CC(=O)CC1=CC[C@H]1[C@@H]3C[C@@H](O)[C@](O)(C(=O)COC(=O)NCC(=O)Oc4ccc(CO[N+](=O)[O-])cc4)[C@@]3(C)C[C@H](O)[C@@]12F. The molecule has 0 spiro atoms. The van der Waals surface area contributed by atoms with E-state index in [0.717, 1.165) is 0 Å². The van der Waals surface area contributed by atoms with Gasteiger partial charge in [0.05, 0.1) is 12.2 Å². The van der Waals surface area contributed by atoms with Crippen LogP contribution in [0.2, 0.25) is 0 Å². The number of hydrogen-bond acceptors (Lipinski definition) is 12. The van der Waals surface area contributed by atoms with Crippen LogP contribution < -0.4 is 10.1 Å². The van der Waals surface area contributed by atoms with Gasteiger partial charge in [0.2, 0.25) is 5.78 Å². The fourth-order valence-corrected chi connectivity index (χ4v) is 8.02. The molecule has 8 atom stereocenters. The van der Waals surface area contributed by atoms with Crippen molar-refractivity contribution in [2.45, 2.75) is 69.6 Å². The van der Waals surface area contributed by atoms with Crippen molar-refractivity contribution < 1.29 is 58.3 Å². The number of alkyl halides is 1. The number of benzene rings is 1. The van der Waals surface area contributed by atoms with Crippen LogP contribution in [0.5, 0.6) is 5.75 Å². The number of esters is 1. The monoisotopic (exact) mass is 646 g/mol. The summed E-state index contributed by atoms with van der Waals surface area (Å²) in [4.78, 5) is 64.4. The predicted octanol–water partition coefficient (Wildman–Crippen LogP) is 1.67. The summed E-state index contributed by atoms with van der Waals surface area (Å²) < 4.78 is 27.2. The number of hydrogen-bond donors (Lipinski definition) is 4. The van der Waals surface area contributed by atoms with E-state index in [4.69, 9.17) is 9.47 Å². The van der Waals surface area contributed by atoms with Crippen LogP contribution in [0.3, 0.4) is 0 Å². The highest BCUT2D eigenvalue weighted by Crippen LogP contribution is 2.69. The Morgan fingerprint density at radius 2 is 1.83 bits per heavy atom. The Morgan fingerprint density at radius 1 is 1.13 bits per heavy atom. The topological polar surface area (TPSA) is 212 Å². The van der Waals surface area contributed by atoms with Gasteiger partial charge in [-0.05, 0) is 55.9 Å². The van der Waals surface area contributed by atoms with Crippen LogP contribution in [-0.4, -0.2) is 80.7 Å². The number of ketones is 2. The molecular formula is C31H35FN2O12. The number of Topliss-reactive ketones (excluding diaryl/α,β-unsaturated/α-hetero) is 1. The second-order valence-electron chi connectivity index (χ2n) is 12.7. The number of alkyl carbamates (subject to hydrolysis) is 1. The lowest BCUT2D eigenvalue weighted by Crippen LogP contribution is -2.69. The molecule has 46 heavy (non-hydrogen) atoms. The molecule has 0 aliphatic heterocycles. The summed E-state index contributed by atoms with van der Waals surface area (Å²) >= 11 is 0. The highest BCUT2D eigenvalue weighted by Gasteiger charge is 2.76. The molecule has 14 nitrogen and oxygen atoms in total. The average molecular weight is 647 g/mol. The molecule has 15 heteroatoms. The smallest absolute Gasteiger partial charge is 0.408 e. The first-order chi connectivity index (χ1) is 21.6. The van der Waals surface area contributed by atoms with Gasteiger partial charge in [-0.25, -0.2) is 14.0 Å². The molecule has 0 radical (unpaired) electrons. The zero-order valence-corrected chi connectivity index (χ0v) is 25.1. The Balaban J connectivity index is 1.20. The number of nitrogens with zero attached hydrogens (tertiary/aromatic N) is 1. The number of carbonyl (C=O) groups is 4. The number of ether oxygens (including phenoxy) is 2. The summed E-state index contributed by atoms with van der Waals surface area (Å²) in [6.07, 6.45) is -0.312. The van der Waals surface area contributed by atoms with E-state index in [2.05, 4.69) is 10.2 Å². The molecule has 4 N–H and O–H groups in total. The van der Waals surface area contributed by atoms with Crippen molar-refractivity contribution in [3.63, 3.8) is 0 Å². The van der Waals surface area contributed by atoms with Crippen molar-refractivity contribution >= 4 is 23.6 Å². The van der Waals surface area contributed by atoms with E-state index in [1.165, 1.54) is 43.3 Å². The van der Waals surface area contributed by atoms with Gasteiger partial charge in [-0.3, -0.25) is 9.59 Å². The van der Waals surface area contributed by atoms with E-state index >= 15 is 4.39 Å². The van der Waals surface area contributed by atoms with Gasteiger partial charge in [0, 0.05) is 23.2 Å². The van der Waals surface area contributed by atoms with Crippen molar-refractivity contribution in [1.82, 2.24) is 5.32 Å². The van der Waals surface area contributed by atoms with Crippen molar-refractivity contribution in [2.24, 2.45) is 22.7 Å². The highest BCUT2D eigenvalue weighted by molar-refractivity contribution is 5.94. The number of carbonyl (C=O) groups excluding carboxylic acids is 4. The zero-order chi connectivity index (χ0) is 33.7. The van der Waals surface area contributed by atoms with Crippen molar-refractivity contribution in [3.05, 3.63) is 63.7 Å². The molecule has 0 aromatic heterocycles. The molecule has 2 fully saturated rings. The lowest BCUT2D eigenvalue weighted by atomic mass is 9.45. The van der Waals surface area contributed by atoms with Gasteiger partial charge in [0.25, 0.3) is 5.09 Å². The van der Waals surface area contributed by atoms with Crippen LogP contribution in [-0.2, 0) is 30.6 Å². The number of aliphatic hydroxyl groups is 3. The molecule has 0 saturated heterocycles. The molecule has 1 aromatic carbocycles. The van der Waals surface area contributed by atoms with Crippen molar-refractivity contribution in [1.29, 1.82) is 0 Å². The fraction of sp³-hybridized carbons (Fsp3) is 0.548. The predicted molar refractivity (Wildman–Crippen MR) is 153 cm³/mol. The number of allylic oxidation sites excluding steroid dienone is 4. The molecule has 2 saturated carbocycles. The first-order valence-corrected chi connectivity index (χ1v) is 14.8. The third kappa shape index (κ3) is 5.25. The molecular weight excluding hydrogens is 611 g/mol. The van der Waals surface area contributed by atoms with Gasteiger partial charge in [0.15, 0.2) is 23.7 Å². The Hall–Kier alpha value is -4.21. The Kier molecular flexibility index (Phi) is 8.55. The number of aliphatic hydroxyl groups excluding tert-OH is 2. The number of rotatable bonds is 9. The molecule has 1 amide bonds. The molecule has 5 rings (SSSR count). The van der Waals surface area contributed by atoms with Gasteiger partial charge in [-0.15, -0.1) is 10.1 Å². The summed E-state index contributed by atoms with van der Waals surface area (Å²) in [5.74, 6) is -3.69. The fourth-order valence-electron chi connectivity index (χ4n) is 8.02. The second kappa shape index (κ2) is 11.9. The van der Waals surface area contributed by atoms with Gasteiger partial charge < -0.3 is 34.9 Å². The quantitative estimate of drug-likeness (QED) is 0.0992. The first kappa shape index (κ1) is 33.2. The van der Waals surface area contributed by atoms with E-state index in [0.29, 0.717) is 11.1 Å². The Morgan fingerprint density at radius 3 is 2.50 bits per heavy atom. The van der Waals surface area contributed by atoms with Crippen LogP contribution in [0.4, 0.5) is 9.18 Å². The molecule has 1 aromatic rings. The lowest BCUT2D eigenvalue weighted by Gasteiger charge is -2.61. The van der Waals surface area contributed by atoms with Crippen LogP contribution in [0.15, 0.2) is 48.1 Å². The normalized spacial score (nSPS) is 36.0. The molecule has 0 unspecified atom stereocenters. The summed E-state index contributed by atoms with van der Waals surface area (Å²) in [6, 6.07) is 5.59. The van der Waals surface area contributed by atoms with E-state index < -0.39 is 82.2 Å². The minimum absolute atomic E-state index is 0.0267. The maximum atomic E-state index is 17.2. The van der Waals surface area contributed by atoms with Crippen LogP contribution in [0.25, 0.3) is 0 Å². The van der Waals surface area contributed by atoms with Gasteiger partial charge in [0.1, 0.15) is 18.9 Å². The third-order valence-corrected chi connectivity index (χ3v) is 10.5. The van der Waals surface area contributed by atoms with Gasteiger partial charge in [-0.2, -0.15) is 0 Å². The summed E-state index contributed by atoms with van der Waals surface area (Å²) in [5.41, 5.74) is -6.49. The molecule has 0 bridgehead atoms. The summed E-state index contributed by atoms with van der Waals surface area (Å²) in [5, 5.41) is 45.6. The molecule has 4 aliphatic carbocycles. The maximum Gasteiger partial charge on any atom is 0.408 e. The van der Waals surface area contributed by atoms with Gasteiger partial charge in [-0.1, -0.05) is 36.8 Å². The largest absolute Gasteiger partial charge is 0.441 e. The van der Waals surface area contributed by atoms with E-state index in [1.807, 2.05) is 0 Å². The number of fused-ring (bicyclic) bond motifs is 5. The third-order valence-electron chi connectivity index (χ3n) is 10.5. The minimum atomic E-state index is -2.49. The molecule has 248 valence electrons. The Labute approximate surface area is 262 Å². The van der Waals surface area contributed by atoms with Crippen LogP contribution in [0, 0.1) is 32.8 Å². The maximum absolute atomic E-state index is 17.2. The van der Waals surface area contributed by atoms with Crippen LogP contribution >= 0.6 is 0 Å². The Bertz CT molecular complexity index is 1510. The number of halogens is 1. The lowest BCUT2D eigenvalue weighted by molar-refractivity contribution is -0.763. The number of nitrogens with one attached hydrogen (secondary N) is 1. The minimum Gasteiger partial charge on any atom is -0.441 e. The zero-order valence-electron chi connectivity index (χ0n) is 25.1. The standard InChI is InChI=1S/C31H35FN2O12/c1-28-10-9-19(35)11-18(28)5-8-21-22-12-23(36)31(41,29(22,2)13-24(37)30(21,28)32)25(38)16-44-27(40)33-14-26(39)46-20-6-3-17(4-7-20)15-45-34(42)43/h3-7,9-10,21-24,36-37,41H,8,11-16H2,1-2H3,(H,33,40)/t21-,22-,23+,24-,28-,29-,30-,31-/m0/s1. The highest BCUT2D eigenvalue weighted by atomic mass is 19.1. The van der Waals surface area contributed by atoms with Crippen molar-refractivity contribution in [3.8, 4) is 5.75 Å². The van der Waals surface area contributed by atoms with E-state index in [-0.39, 0.29) is 43.8 Å². The average Bonchev–Trinajstić information content (AvgIpc) is 3.20. The number of amides is 1. The van der Waals surface area contributed by atoms with Crippen LogP contribution in [0.1, 0.15) is 45.1 Å².